The lowest BCUT2D eigenvalue weighted by atomic mass is 10.1. The Kier molecular flexibility index (Phi) is 4.61. The van der Waals surface area contributed by atoms with Crippen molar-refractivity contribution in [2.75, 3.05) is 11.5 Å². The smallest absolute Gasteiger partial charge is 0.230 e. The lowest BCUT2D eigenvalue weighted by Gasteiger charge is -2.20. The summed E-state index contributed by atoms with van der Waals surface area (Å²) < 4.78 is 1.81. The van der Waals surface area contributed by atoms with E-state index in [-0.39, 0.29) is 17.5 Å². The van der Waals surface area contributed by atoms with Crippen molar-refractivity contribution in [1.82, 2.24) is 20.1 Å². The highest BCUT2D eigenvalue weighted by molar-refractivity contribution is 7.99. The van der Waals surface area contributed by atoms with E-state index in [4.69, 9.17) is 5.73 Å². The third-order valence-corrected chi connectivity index (χ3v) is 3.00. The third kappa shape index (κ3) is 4.21. The van der Waals surface area contributed by atoms with Gasteiger partial charge in [-0.05, 0) is 34.6 Å². The number of amides is 1. The molecule has 0 saturated carbocycles. The van der Waals surface area contributed by atoms with Crippen LogP contribution in [0.5, 0.6) is 0 Å². The molecule has 1 rings (SSSR count). The predicted octanol–water partition coefficient (Wildman–Crippen LogP) is 1.45. The normalized spacial score (nSPS) is 11.9. The summed E-state index contributed by atoms with van der Waals surface area (Å²) in [5.41, 5.74) is 5.51. The number of thioether (sulfide) groups is 1. The second kappa shape index (κ2) is 5.60. The van der Waals surface area contributed by atoms with E-state index in [0.717, 1.165) is 0 Å². The first-order valence-electron chi connectivity index (χ1n) is 5.85. The maximum Gasteiger partial charge on any atom is 0.230 e. The predicted molar refractivity (Wildman–Crippen MR) is 73.4 cm³/mol. The molecule has 0 spiro atoms. The molecule has 1 heterocycles. The molecule has 7 heteroatoms. The first-order chi connectivity index (χ1) is 8.20. The van der Waals surface area contributed by atoms with Crippen molar-refractivity contribution in [2.45, 2.75) is 51.4 Å². The summed E-state index contributed by atoms with van der Waals surface area (Å²) in [7, 11) is 0. The monoisotopic (exact) mass is 271 g/mol. The molecule has 1 aromatic heterocycles. The van der Waals surface area contributed by atoms with Crippen molar-refractivity contribution in [1.29, 1.82) is 0 Å². The minimum atomic E-state index is -0.220. The second-order valence-corrected chi connectivity index (χ2v) is 6.33. The molecule has 0 saturated heterocycles. The Morgan fingerprint density at radius 3 is 2.56 bits per heavy atom. The summed E-state index contributed by atoms with van der Waals surface area (Å²) >= 11 is 1.34. The van der Waals surface area contributed by atoms with Gasteiger partial charge in [0.05, 0.1) is 5.75 Å². The molecule has 0 aliphatic rings. The SMILES string of the molecule is CC(C)n1c(N)nnc1SCC(=O)NC(C)(C)C. The highest BCUT2D eigenvalue weighted by Gasteiger charge is 2.17. The summed E-state index contributed by atoms with van der Waals surface area (Å²) in [4.78, 5) is 11.7. The second-order valence-electron chi connectivity index (χ2n) is 5.39. The van der Waals surface area contributed by atoms with Crippen LogP contribution in [0.4, 0.5) is 5.95 Å². The van der Waals surface area contributed by atoms with Gasteiger partial charge in [0, 0.05) is 11.6 Å². The van der Waals surface area contributed by atoms with Crippen molar-refractivity contribution in [3.05, 3.63) is 0 Å². The highest BCUT2D eigenvalue weighted by Crippen LogP contribution is 2.22. The van der Waals surface area contributed by atoms with Gasteiger partial charge in [0.15, 0.2) is 5.16 Å². The van der Waals surface area contributed by atoms with Gasteiger partial charge in [0.2, 0.25) is 11.9 Å². The minimum absolute atomic E-state index is 0.0237. The maximum absolute atomic E-state index is 11.7. The van der Waals surface area contributed by atoms with Crippen LogP contribution in [0.25, 0.3) is 0 Å². The molecule has 1 aromatic rings. The van der Waals surface area contributed by atoms with E-state index in [2.05, 4.69) is 15.5 Å². The van der Waals surface area contributed by atoms with Crippen molar-refractivity contribution in [3.8, 4) is 0 Å². The minimum Gasteiger partial charge on any atom is -0.368 e. The Balaban J connectivity index is 2.62. The molecular weight excluding hydrogens is 250 g/mol. The number of carbonyl (C=O) groups is 1. The molecule has 3 N–H and O–H groups in total. The van der Waals surface area contributed by atoms with E-state index in [1.54, 1.807) is 0 Å². The van der Waals surface area contributed by atoms with E-state index < -0.39 is 0 Å². The van der Waals surface area contributed by atoms with Gasteiger partial charge >= 0.3 is 0 Å². The molecule has 0 aliphatic heterocycles. The average molecular weight is 271 g/mol. The molecule has 102 valence electrons. The van der Waals surface area contributed by atoms with Crippen molar-refractivity contribution in [2.24, 2.45) is 0 Å². The number of nitrogens with zero attached hydrogens (tertiary/aromatic N) is 3. The van der Waals surface area contributed by atoms with Crippen LogP contribution in [0.15, 0.2) is 5.16 Å². The van der Waals surface area contributed by atoms with Crippen LogP contribution >= 0.6 is 11.8 Å². The molecule has 0 aromatic carbocycles. The molecule has 0 unspecified atom stereocenters. The van der Waals surface area contributed by atoms with Crippen LogP contribution < -0.4 is 11.1 Å². The van der Waals surface area contributed by atoms with E-state index >= 15 is 0 Å². The number of aromatic nitrogens is 3. The van der Waals surface area contributed by atoms with Gasteiger partial charge in [-0.15, -0.1) is 10.2 Å². The molecule has 18 heavy (non-hydrogen) atoms. The Morgan fingerprint density at radius 2 is 2.06 bits per heavy atom. The summed E-state index contributed by atoms with van der Waals surface area (Å²) in [5.74, 6) is 0.662. The van der Waals surface area contributed by atoms with Crippen LogP contribution in [-0.2, 0) is 4.79 Å². The summed E-state index contributed by atoms with van der Waals surface area (Å²) in [5, 5.41) is 11.4. The van der Waals surface area contributed by atoms with Crippen molar-refractivity contribution in [3.63, 3.8) is 0 Å². The zero-order valence-corrected chi connectivity index (χ0v) is 12.3. The zero-order valence-electron chi connectivity index (χ0n) is 11.5. The molecule has 0 aliphatic carbocycles. The molecular formula is C11H21N5OS. The first kappa shape index (κ1) is 14.8. The van der Waals surface area contributed by atoms with Gasteiger partial charge in [-0.3, -0.25) is 9.36 Å². The fourth-order valence-electron chi connectivity index (χ4n) is 1.46. The summed E-state index contributed by atoms with van der Waals surface area (Å²) in [6, 6.07) is 0.174. The van der Waals surface area contributed by atoms with E-state index in [1.165, 1.54) is 11.8 Å². The van der Waals surface area contributed by atoms with Crippen LogP contribution in [0.1, 0.15) is 40.7 Å². The Labute approximate surface area is 112 Å². The topological polar surface area (TPSA) is 85.8 Å². The zero-order chi connectivity index (χ0) is 13.9. The summed E-state index contributed by atoms with van der Waals surface area (Å²) in [6.07, 6.45) is 0. The highest BCUT2D eigenvalue weighted by atomic mass is 32.2. The lowest BCUT2D eigenvalue weighted by molar-refractivity contribution is -0.119. The molecule has 0 fully saturated rings. The van der Waals surface area contributed by atoms with Gasteiger partial charge in [0.25, 0.3) is 0 Å². The number of rotatable bonds is 4. The maximum atomic E-state index is 11.7. The Morgan fingerprint density at radius 1 is 1.44 bits per heavy atom. The van der Waals surface area contributed by atoms with Gasteiger partial charge in [-0.2, -0.15) is 0 Å². The Hall–Kier alpha value is -1.24. The van der Waals surface area contributed by atoms with Gasteiger partial charge in [-0.1, -0.05) is 11.8 Å². The van der Waals surface area contributed by atoms with Crippen LogP contribution in [0.2, 0.25) is 0 Å². The molecule has 0 radical (unpaired) electrons. The van der Waals surface area contributed by atoms with E-state index in [9.17, 15) is 4.79 Å². The van der Waals surface area contributed by atoms with Crippen LogP contribution in [-0.4, -0.2) is 32.0 Å². The first-order valence-corrected chi connectivity index (χ1v) is 6.83. The number of nitrogens with two attached hydrogens (primary N) is 1. The number of hydrogen-bond donors (Lipinski definition) is 2. The largest absolute Gasteiger partial charge is 0.368 e. The fourth-order valence-corrected chi connectivity index (χ4v) is 2.33. The van der Waals surface area contributed by atoms with Crippen LogP contribution in [0, 0.1) is 0 Å². The fraction of sp³-hybridized carbons (Fsp3) is 0.727. The lowest BCUT2D eigenvalue weighted by Crippen LogP contribution is -2.41. The van der Waals surface area contributed by atoms with Crippen LogP contribution in [0.3, 0.4) is 0 Å². The van der Waals surface area contributed by atoms with E-state index in [0.29, 0.717) is 16.9 Å². The molecule has 0 atom stereocenters. The number of anilines is 1. The van der Waals surface area contributed by atoms with Crippen molar-refractivity contribution < 1.29 is 4.79 Å². The van der Waals surface area contributed by atoms with Gasteiger partial charge < -0.3 is 11.1 Å². The Bertz CT molecular complexity index is 422. The molecule has 0 bridgehead atoms. The quantitative estimate of drug-likeness (QED) is 0.809. The molecule has 6 nitrogen and oxygen atoms in total. The number of hydrogen-bond acceptors (Lipinski definition) is 5. The number of carbonyl (C=O) groups excluding carboxylic acids is 1. The molecule has 1 amide bonds. The summed E-state index contributed by atoms with van der Waals surface area (Å²) in [6.45, 7) is 9.84. The standard InChI is InChI=1S/C11H21N5OS/c1-7(2)16-9(12)14-15-10(16)18-6-8(17)13-11(3,4)5/h7H,6H2,1-5H3,(H2,12,14)(H,13,17). The number of nitrogen functional groups attached to an aromatic ring is 1. The van der Waals surface area contributed by atoms with E-state index in [1.807, 2.05) is 39.2 Å². The van der Waals surface area contributed by atoms with Gasteiger partial charge in [-0.25, -0.2) is 0 Å². The van der Waals surface area contributed by atoms with Gasteiger partial charge in [0.1, 0.15) is 0 Å². The average Bonchev–Trinajstić information content (AvgIpc) is 2.54. The van der Waals surface area contributed by atoms with Crippen molar-refractivity contribution >= 4 is 23.6 Å². The third-order valence-electron chi connectivity index (χ3n) is 2.05. The number of nitrogens with one attached hydrogen (secondary N) is 1.